The molecule has 3 heteroatoms. The first kappa shape index (κ1) is 15.0. The van der Waals surface area contributed by atoms with E-state index in [-0.39, 0.29) is 0 Å². The summed E-state index contributed by atoms with van der Waals surface area (Å²) in [5.74, 6) is -0.856. The molecule has 0 aromatic heterocycles. The van der Waals surface area contributed by atoms with Crippen LogP contribution in [0.1, 0.15) is 55.5 Å². The molecule has 3 nitrogen and oxygen atoms in total. The fourth-order valence-corrected chi connectivity index (χ4v) is 3.15. The third-order valence-electron chi connectivity index (χ3n) is 5.02. The number of likely N-dealkylation sites (tertiary alicyclic amines) is 1. The zero-order valence-electron chi connectivity index (χ0n) is 12.6. The lowest BCUT2D eigenvalue weighted by atomic mass is 9.74. The molecule has 110 valence electrons. The van der Waals surface area contributed by atoms with Gasteiger partial charge in [-0.3, -0.25) is 4.90 Å². The van der Waals surface area contributed by atoms with Crippen LogP contribution in [0.4, 0.5) is 0 Å². The van der Waals surface area contributed by atoms with E-state index in [0.29, 0.717) is 11.0 Å². The van der Waals surface area contributed by atoms with Crippen molar-refractivity contribution in [2.75, 3.05) is 13.1 Å². The predicted molar refractivity (Wildman–Crippen MR) is 80.9 cm³/mol. The van der Waals surface area contributed by atoms with E-state index < -0.39 is 5.97 Å². The van der Waals surface area contributed by atoms with Gasteiger partial charge in [-0.25, -0.2) is 4.79 Å². The quantitative estimate of drug-likeness (QED) is 0.889. The first-order valence-corrected chi connectivity index (χ1v) is 7.63. The molecule has 0 bridgehead atoms. The number of nitrogens with zero attached hydrogens (tertiary/aromatic N) is 1. The summed E-state index contributed by atoms with van der Waals surface area (Å²) in [5, 5.41) is 8.90. The Morgan fingerprint density at radius 3 is 2.15 bits per heavy atom. The molecule has 0 aliphatic carbocycles. The number of piperidine rings is 1. The van der Waals surface area contributed by atoms with Crippen molar-refractivity contribution < 1.29 is 9.90 Å². The van der Waals surface area contributed by atoms with Gasteiger partial charge < -0.3 is 5.11 Å². The highest BCUT2D eigenvalue weighted by Gasteiger charge is 2.30. The Morgan fingerprint density at radius 2 is 1.70 bits per heavy atom. The number of rotatable bonds is 5. The minimum Gasteiger partial charge on any atom is -0.478 e. The summed E-state index contributed by atoms with van der Waals surface area (Å²) in [5.41, 5.74) is 2.13. The van der Waals surface area contributed by atoms with E-state index in [1.165, 1.54) is 31.2 Å². The summed E-state index contributed by atoms with van der Waals surface area (Å²) in [7, 11) is 0. The highest BCUT2D eigenvalue weighted by Crippen LogP contribution is 2.38. The fourth-order valence-electron chi connectivity index (χ4n) is 3.15. The molecule has 1 aromatic carbocycles. The molecule has 1 fully saturated rings. The molecule has 1 aromatic rings. The average molecular weight is 275 g/mol. The van der Waals surface area contributed by atoms with Crippen molar-refractivity contribution in [1.82, 2.24) is 4.90 Å². The van der Waals surface area contributed by atoms with Gasteiger partial charge in [0, 0.05) is 6.54 Å². The van der Waals surface area contributed by atoms with Crippen molar-refractivity contribution >= 4 is 5.97 Å². The summed E-state index contributed by atoms with van der Waals surface area (Å²) in [6, 6.07) is 7.27. The molecule has 0 radical (unpaired) electrons. The Bertz CT molecular complexity index is 439. The molecule has 0 saturated carbocycles. The maximum atomic E-state index is 10.8. The third-order valence-corrected chi connectivity index (χ3v) is 5.02. The van der Waals surface area contributed by atoms with E-state index in [4.69, 9.17) is 5.11 Å². The van der Waals surface area contributed by atoms with Crippen molar-refractivity contribution in [3.8, 4) is 0 Å². The smallest absolute Gasteiger partial charge is 0.335 e. The molecule has 1 heterocycles. The topological polar surface area (TPSA) is 40.5 Å². The van der Waals surface area contributed by atoms with Crippen LogP contribution in [-0.2, 0) is 6.54 Å². The van der Waals surface area contributed by atoms with Gasteiger partial charge in [0.2, 0.25) is 0 Å². The standard InChI is InChI=1S/C17H25NO2/c1-3-17(4-2)9-11-18(12-10-17)13-14-5-7-15(8-6-14)16(19)20/h5-8H,3-4,9-13H2,1-2H3,(H,19,20). The molecule has 0 unspecified atom stereocenters. The van der Waals surface area contributed by atoms with Gasteiger partial charge in [0.05, 0.1) is 5.56 Å². The van der Waals surface area contributed by atoms with Crippen LogP contribution >= 0.6 is 0 Å². The zero-order chi connectivity index (χ0) is 14.6. The molecule has 0 amide bonds. The average Bonchev–Trinajstić information content (AvgIpc) is 2.49. The van der Waals surface area contributed by atoms with Crippen LogP contribution < -0.4 is 0 Å². The molecule has 1 aliphatic rings. The summed E-state index contributed by atoms with van der Waals surface area (Å²) >= 11 is 0. The van der Waals surface area contributed by atoms with E-state index >= 15 is 0 Å². The first-order valence-electron chi connectivity index (χ1n) is 7.63. The minimum atomic E-state index is -0.856. The second-order valence-electron chi connectivity index (χ2n) is 5.99. The Morgan fingerprint density at radius 1 is 1.15 bits per heavy atom. The Kier molecular flexibility index (Phi) is 4.81. The lowest BCUT2D eigenvalue weighted by molar-refractivity contribution is 0.0696. The van der Waals surface area contributed by atoms with E-state index in [0.717, 1.165) is 19.6 Å². The largest absolute Gasteiger partial charge is 0.478 e. The molecule has 0 atom stereocenters. The predicted octanol–water partition coefficient (Wildman–Crippen LogP) is 3.79. The third kappa shape index (κ3) is 3.40. The lowest BCUT2D eigenvalue weighted by Crippen LogP contribution is -2.39. The zero-order valence-corrected chi connectivity index (χ0v) is 12.6. The summed E-state index contributed by atoms with van der Waals surface area (Å²) in [4.78, 5) is 13.3. The molecule has 1 N–H and O–H groups in total. The van der Waals surface area contributed by atoms with Gasteiger partial charge >= 0.3 is 5.97 Å². The first-order chi connectivity index (χ1) is 9.58. The molecule has 1 saturated heterocycles. The van der Waals surface area contributed by atoms with Gasteiger partial charge in [-0.2, -0.15) is 0 Å². The Balaban J connectivity index is 1.91. The number of hydrogen-bond acceptors (Lipinski definition) is 2. The number of carboxylic acid groups (broad SMARTS) is 1. The molecular weight excluding hydrogens is 250 g/mol. The fraction of sp³-hybridized carbons (Fsp3) is 0.588. The number of carboxylic acids is 1. The van der Waals surface area contributed by atoms with Crippen LogP contribution in [0, 0.1) is 5.41 Å². The Labute approximate surface area is 121 Å². The summed E-state index contributed by atoms with van der Waals surface area (Å²) in [6.45, 7) is 7.86. The van der Waals surface area contributed by atoms with Crippen molar-refractivity contribution in [1.29, 1.82) is 0 Å². The molecule has 2 rings (SSSR count). The van der Waals surface area contributed by atoms with Gasteiger partial charge in [0.1, 0.15) is 0 Å². The Hall–Kier alpha value is -1.35. The van der Waals surface area contributed by atoms with Crippen LogP contribution in [0.5, 0.6) is 0 Å². The maximum Gasteiger partial charge on any atom is 0.335 e. The molecular formula is C17H25NO2. The van der Waals surface area contributed by atoms with Crippen LogP contribution in [-0.4, -0.2) is 29.1 Å². The van der Waals surface area contributed by atoms with E-state index in [1.54, 1.807) is 12.1 Å². The second-order valence-corrected chi connectivity index (χ2v) is 5.99. The second kappa shape index (κ2) is 6.40. The molecule has 0 spiro atoms. The number of carbonyl (C=O) groups is 1. The van der Waals surface area contributed by atoms with Gasteiger partial charge in [0.15, 0.2) is 0 Å². The van der Waals surface area contributed by atoms with Crippen LogP contribution in [0.2, 0.25) is 0 Å². The lowest BCUT2D eigenvalue weighted by Gasteiger charge is -2.41. The van der Waals surface area contributed by atoms with Gasteiger partial charge in [-0.1, -0.05) is 38.8 Å². The maximum absolute atomic E-state index is 10.8. The van der Waals surface area contributed by atoms with Crippen molar-refractivity contribution in [3.05, 3.63) is 35.4 Å². The highest BCUT2D eigenvalue weighted by atomic mass is 16.4. The number of aromatic carboxylic acids is 1. The molecule has 20 heavy (non-hydrogen) atoms. The minimum absolute atomic E-state index is 0.364. The van der Waals surface area contributed by atoms with Gasteiger partial charge in [-0.05, 0) is 49.0 Å². The SMILES string of the molecule is CCC1(CC)CCN(Cc2ccc(C(=O)O)cc2)CC1. The van der Waals surface area contributed by atoms with E-state index in [9.17, 15) is 4.79 Å². The van der Waals surface area contributed by atoms with E-state index in [2.05, 4.69) is 18.7 Å². The van der Waals surface area contributed by atoms with Crippen LogP contribution in [0.25, 0.3) is 0 Å². The highest BCUT2D eigenvalue weighted by molar-refractivity contribution is 5.87. The van der Waals surface area contributed by atoms with Crippen molar-refractivity contribution in [3.63, 3.8) is 0 Å². The molecule has 1 aliphatic heterocycles. The van der Waals surface area contributed by atoms with Crippen molar-refractivity contribution in [2.45, 2.75) is 46.1 Å². The number of hydrogen-bond donors (Lipinski definition) is 1. The van der Waals surface area contributed by atoms with Crippen molar-refractivity contribution in [2.24, 2.45) is 5.41 Å². The summed E-state index contributed by atoms with van der Waals surface area (Å²) < 4.78 is 0. The summed E-state index contributed by atoms with van der Waals surface area (Å²) in [6.07, 6.45) is 5.13. The van der Waals surface area contributed by atoms with Gasteiger partial charge in [-0.15, -0.1) is 0 Å². The van der Waals surface area contributed by atoms with Gasteiger partial charge in [0.25, 0.3) is 0 Å². The normalized spacial score (nSPS) is 18.9. The number of benzene rings is 1. The van der Waals surface area contributed by atoms with Crippen LogP contribution in [0.3, 0.4) is 0 Å². The van der Waals surface area contributed by atoms with E-state index in [1.807, 2.05) is 12.1 Å². The van der Waals surface area contributed by atoms with Crippen LogP contribution in [0.15, 0.2) is 24.3 Å². The monoisotopic (exact) mass is 275 g/mol.